The summed E-state index contributed by atoms with van der Waals surface area (Å²) >= 11 is 1.44. The third-order valence-electron chi connectivity index (χ3n) is 2.57. The highest BCUT2D eigenvalue weighted by atomic mass is 32.2. The van der Waals surface area contributed by atoms with E-state index in [1.807, 2.05) is 25.1 Å². The Morgan fingerprint density at radius 2 is 2.06 bits per heavy atom. The number of carbonyl (C=O) groups excluding carboxylic acids is 1. The summed E-state index contributed by atoms with van der Waals surface area (Å²) in [4.78, 5) is 11.1. The fourth-order valence-corrected chi connectivity index (χ4v) is 2.53. The van der Waals surface area contributed by atoms with Crippen LogP contribution in [0.25, 0.3) is 0 Å². The van der Waals surface area contributed by atoms with Gasteiger partial charge in [0.15, 0.2) is 0 Å². The van der Waals surface area contributed by atoms with Crippen molar-refractivity contribution in [3.05, 3.63) is 65.0 Å². The number of aryl methyl sites for hydroxylation is 1. The number of carbonyl (C=O) groups is 1. The quantitative estimate of drug-likeness (QED) is 0.604. The van der Waals surface area contributed by atoms with Gasteiger partial charge in [-0.2, -0.15) is 0 Å². The van der Waals surface area contributed by atoms with Gasteiger partial charge in [-0.15, -0.1) is 11.8 Å². The van der Waals surface area contributed by atoms with Crippen molar-refractivity contribution in [2.24, 2.45) is 0 Å². The number of thioether (sulfide) groups is 1. The lowest BCUT2D eigenvalue weighted by Crippen LogP contribution is -1.87. The SMILES string of the molecule is Cc1cccc(CSc2ccc(C=O)cc2F)c1. The minimum atomic E-state index is -0.336. The number of aldehydes is 1. The average molecular weight is 260 g/mol. The van der Waals surface area contributed by atoms with Gasteiger partial charge in [-0.05, 0) is 24.6 Å². The second-order valence-electron chi connectivity index (χ2n) is 4.09. The second-order valence-corrected chi connectivity index (χ2v) is 5.10. The molecule has 0 heterocycles. The molecule has 92 valence electrons. The molecule has 0 N–H and O–H groups in total. The molecule has 0 saturated heterocycles. The molecular formula is C15H13FOS. The van der Waals surface area contributed by atoms with Crippen molar-refractivity contribution in [2.75, 3.05) is 0 Å². The van der Waals surface area contributed by atoms with Gasteiger partial charge in [0.25, 0.3) is 0 Å². The average Bonchev–Trinajstić information content (AvgIpc) is 2.37. The highest BCUT2D eigenvalue weighted by molar-refractivity contribution is 7.98. The van der Waals surface area contributed by atoms with Crippen molar-refractivity contribution in [2.45, 2.75) is 17.6 Å². The van der Waals surface area contributed by atoms with Crippen LogP contribution >= 0.6 is 11.8 Å². The summed E-state index contributed by atoms with van der Waals surface area (Å²) in [5.74, 6) is 0.385. The Morgan fingerprint density at radius 1 is 1.22 bits per heavy atom. The first-order chi connectivity index (χ1) is 8.69. The Labute approximate surface area is 110 Å². The Kier molecular flexibility index (Phi) is 4.15. The summed E-state index contributed by atoms with van der Waals surface area (Å²) in [5.41, 5.74) is 2.73. The molecule has 18 heavy (non-hydrogen) atoms. The van der Waals surface area contributed by atoms with Crippen LogP contribution < -0.4 is 0 Å². The van der Waals surface area contributed by atoms with E-state index in [2.05, 4.69) is 6.07 Å². The fraction of sp³-hybridized carbons (Fsp3) is 0.133. The zero-order chi connectivity index (χ0) is 13.0. The van der Waals surface area contributed by atoms with Crippen LogP contribution in [-0.4, -0.2) is 6.29 Å². The zero-order valence-electron chi connectivity index (χ0n) is 10.0. The molecule has 2 rings (SSSR count). The topological polar surface area (TPSA) is 17.1 Å². The first-order valence-corrected chi connectivity index (χ1v) is 6.60. The fourth-order valence-electron chi connectivity index (χ4n) is 1.67. The maximum absolute atomic E-state index is 13.6. The van der Waals surface area contributed by atoms with Gasteiger partial charge < -0.3 is 0 Å². The van der Waals surface area contributed by atoms with E-state index in [4.69, 9.17) is 0 Å². The van der Waals surface area contributed by atoms with E-state index in [1.165, 1.54) is 29.0 Å². The van der Waals surface area contributed by atoms with Crippen LogP contribution in [0.2, 0.25) is 0 Å². The van der Waals surface area contributed by atoms with Crippen LogP contribution in [0.4, 0.5) is 4.39 Å². The molecule has 0 aliphatic rings. The molecular weight excluding hydrogens is 247 g/mol. The minimum Gasteiger partial charge on any atom is -0.298 e. The molecule has 1 nitrogen and oxygen atoms in total. The summed E-state index contributed by atoms with van der Waals surface area (Å²) in [6, 6.07) is 12.7. The number of benzene rings is 2. The summed E-state index contributed by atoms with van der Waals surface area (Å²) in [6.07, 6.45) is 0.651. The van der Waals surface area contributed by atoms with Gasteiger partial charge in [-0.3, -0.25) is 4.79 Å². The van der Waals surface area contributed by atoms with Crippen LogP contribution in [-0.2, 0) is 5.75 Å². The summed E-state index contributed by atoms with van der Waals surface area (Å²) in [5, 5.41) is 0. The lowest BCUT2D eigenvalue weighted by molar-refractivity contribution is 0.112. The normalized spacial score (nSPS) is 10.3. The number of halogens is 1. The molecule has 0 amide bonds. The summed E-state index contributed by atoms with van der Waals surface area (Å²) in [6.45, 7) is 2.04. The van der Waals surface area contributed by atoms with Gasteiger partial charge in [0.2, 0.25) is 0 Å². The van der Waals surface area contributed by atoms with Crippen LogP contribution in [0.5, 0.6) is 0 Å². The van der Waals surface area contributed by atoms with Crippen molar-refractivity contribution < 1.29 is 9.18 Å². The summed E-state index contributed by atoms with van der Waals surface area (Å²) in [7, 11) is 0. The largest absolute Gasteiger partial charge is 0.298 e. The molecule has 0 saturated carbocycles. The summed E-state index contributed by atoms with van der Waals surface area (Å²) < 4.78 is 13.6. The predicted octanol–water partition coefficient (Wildman–Crippen LogP) is 4.24. The molecule has 0 bridgehead atoms. The van der Waals surface area contributed by atoms with Gasteiger partial charge in [0, 0.05) is 16.2 Å². The third kappa shape index (κ3) is 3.20. The molecule has 0 aromatic heterocycles. The number of rotatable bonds is 4. The Hall–Kier alpha value is -1.61. The first-order valence-electron chi connectivity index (χ1n) is 5.62. The molecule has 2 aromatic carbocycles. The lowest BCUT2D eigenvalue weighted by Gasteiger charge is -2.04. The van der Waals surface area contributed by atoms with Gasteiger partial charge in [-0.1, -0.05) is 35.9 Å². The van der Waals surface area contributed by atoms with Gasteiger partial charge in [0.1, 0.15) is 12.1 Å². The zero-order valence-corrected chi connectivity index (χ0v) is 10.8. The van der Waals surface area contributed by atoms with Gasteiger partial charge in [-0.25, -0.2) is 4.39 Å². The van der Waals surface area contributed by atoms with Crippen molar-refractivity contribution in [1.29, 1.82) is 0 Å². The van der Waals surface area contributed by atoms with Crippen LogP contribution in [0.3, 0.4) is 0 Å². The Balaban J connectivity index is 2.08. The molecule has 0 atom stereocenters. The lowest BCUT2D eigenvalue weighted by atomic mass is 10.2. The van der Waals surface area contributed by atoms with Gasteiger partial charge >= 0.3 is 0 Å². The van der Waals surface area contributed by atoms with Crippen molar-refractivity contribution in [1.82, 2.24) is 0 Å². The monoisotopic (exact) mass is 260 g/mol. The van der Waals surface area contributed by atoms with E-state index in [-0.39, 0.29) is 5.82 Å². The molecule has 2 aromatic rings. The number of hydrogen-bond acceptors (Lipinski definition) is 2. The van der Waals surface area contributed by atoms with E-state index in [1.54, 1.807) is 12.1 Å². The molecule has 0 unspecified atom stereocenters. The van der Waals surface area contributed by atoms with Crippen LogP contribution in [0.1, 0.15) is 21.5 Å². The molecule has 0 aliphatic carbocycles. The smallest absolute Gasteiger partial charge is 0.150 e. The molecule has 0 spiro atoms. The van der Waals surface area contributed by atoms with E-state index in [9.17, 15) is 9.18 Å². The first kappa shape index (κ1) is 12.8. The Morgan fingerprint density at radius 3 is 2.72 bits per heavy atom. The standard InChI is InChI=1S/C15H13FOS/c1-11-3-2-4-13(7-11)10-18-15-6-5-12(9-17)8-14(15)16/h2-9H,10H2,1H3. The maximum atomic E-state index is 13.6. The Bertz CT molecular complexity index is 566. The molecule has 3 heteroatoms. The van der Waals surface area contributed by atoms with E-state index >= 15 is 0 Å². The predicted molar refractivity (Wildman–Crippen MR) is 72.5 cm³/mol. The molecule has 0 aliphatic heterocycles. The van der Waals surface area contributed by atoms with Crippen LogP contribution in [0, 0.1) is 12.7 Å². The third-order valence-corrected chi connectivity index (χ3v) is 3.69. The van der Waals surface area contributed by atoms with Crippen LogP contribution in [0.15, 0.2) is 47.4 Å². The van der Waals surface area contributed by atoms with Crippen molar-refractivity contribution >= 4 is 18.0 Å². The van der Waals surface area contributed by atoms with E-state index in [0.29, 0.717) is 16.7 Å². The number of hydrogen-bond donors (Lipinski definition) is 0. The minimum absolute atomic E-state index is 0.336. The molecule has 0 radical (unpaired) electrons. The highest BCUT2D eigenvalue weighted by Gasteiger charge is 2.04. The van der Waals surface area contributed by atoms with E-state index < -0.39 is 0 Å². The van der Waals surface area contributed by atoms with Crippen molar-refractivity contribution in [3.63, 3.8) is 0 Å². The molecule has 0 fully saturated rings. The second kappa shape index (κ2) is 5.83. The van der Waals surface area contributed by atoms with Crippen molar-refractivity contribution in [3.8, 4) is 0 Å². The highest BCUT2D eigenvalue weighted by Crippen LogP contribution is 2.26. The maximum Gasteiger partial charge on any atom is 0.150 e. The van der Waals surface area contributed by atoms with E-state index in [0.717, 1.165) is 5.75 Å². The van der Waals surface area contributed by atoms with Gasteiger partial charge in [0.05, 0.1) is 0 Å².